The number of rotatable bonds is 8. The molecule has 0 amide bonds. The Morgan fingerprint density at radius 1 is 1.03 bits per heavy atom. The fourth-order valence-corrected chi connectivity index (χ4v) is 2.34. The van der Waals surface area contributed by atoms with Crippen LogP contribution in [0, 0.1) is 0 Å². The Balaban J connectivity index is 3.70. The number of nitrogen functional groups attached to an aromatic ring is 1. The number of ether oxygens (including phenoxy) is 5. The molecule has 1 aromatic rings. The van der Waals surface area contributed by atoms with Gasteiger partial charge in [-0.3, -0.25) is 28.5 Å². The summed E-state index contributed by atoms with van der Waals surface area (Å²) in [5.41, 5.74) is 4.52. The number of carbonyl (C=O) groups excluding carboxylic acids is 4. The SMILES string of the molecule is COc1nc(N)c(N=C(OC(C)=O)[C@@H](OC(C)=O)[C@H](COC(C)=O)OC(C)=O)c(=O)n1C. The molecular weight excluding hydrogens is 432 g/mol. The van der Waals surface area contributed by atoms with E-state index in [9.17, 15) is 24.0 Å². The second kappa shape index (κ2) is 11.4. The zero-order valence-electron chi connectivity index (χ0n) is 18.4. The van der Waals surface area contributed by atoms with Crippen molar-refractivity contribution in [3.8, 4) is 6.01 Å². The van der Waals surface area contributed by atoms with Crippen molar-refractivity contribution in [3.63, 3.8) is 0 Å². The molecule has 176 valence electrons. The van der Waals surface area contributed by atoms with Crippen LogP contribution in [-0.4, -0.2) is 65.3 Å². The van der Waals surface area contributed by atoms with Crippen LogP contribution >= 0.6 is 0 Å². The summed E-state index contributed by atoms with van der Waals surface area (Å²) in [5.74, 6) is -4.41. The number of nitrogens with zero attached hydrogens (tertiary/aromatic N) is 3. The Kier molecular flexibility index (Phi) is 9.31. The van der Waals surface area contributed by atoms with Crippen LogP contribution in [0.15, 0.2) is 9.79 Å². The van der Waals surface area contributed by atoms with E-state index >= 15 is 0 Å². The first-order valence-corrected chi connectivity index (χ1v) is 9.02. The average molecular weight is 456 g/mol. The highest BCUT2D eigenvalue weighted by molar-refractivity contribution is 5.94. The largest absolute Gasteiger partial charge is 0.468 e. The van der Waals surface area contributed by atoms with Gasteiger partial charge in [0.2, 0.25) is 12.0 Å². The summed E-state index contributed by atoms with van der Waals surface area (Å²) in [6.07, 6.45) is -3.17. The van der Waals surface area contributed by atoms with Crippen molar-refractivity contribution in [1.82, 2.24) is 9.55 Å². The molecule has 1 rings (SSSR count). The number of anilines is 1. The minimum Gasteiger partial charge on any atom is -0.468 e. The van der Waals surface area contributed by atoms with Crippen molar-refractivity contribution >= 4 is 41.3 Å². The third kappa shape index (κ3) is 7.37. The number of hydrogen-bond acceptors (Lipinski definition) is 13. The lowest BCUT2D eigenvalue weighted by Gasteiger charge is -2.26. The monoisotopic (exact) mass is 456 g/mol. The molecule has 0 spiro atoms. The van der Waals surface area contributed by atoms with Gasteiger partial charge in [-0.25, -0.2) is 4.99 Å². The van der Waals surface area contributed by atoms with E-state index in [0.717, 1.165) is 32.3 Å². The minimum atomic E-state index is -1.69. The highest BCUT2D eigenvalue weighted by atomic mass is 16.6. The Bertz CT molecular complexity index is 985. The van der Waals surface area contributed by atoms with Gasteiger partial charge in [-0.15, -0.1) is 0 Å². The van der Waals surface area contributed by atoms with E-state index in [1.165, 1.54) is 14.2 Å². The summed E-state index contributed by atoms with van der Waals surface area (Å²) in [6, 6.07) is -0.121. The van der Waals surface area contributed by atoms with E-state index in [2.05, 4.69) is 9.98 Å². The predicted octanol–water partition coefficient (Wildman–Crippen LogP) is -0.609. The Morgan fingerprint density at radius 3 is 2.09 bits per heavy atom. The summed E-state index contributed by atoms with van der Waals surface area (Å²) >= 11 is 0. The summed E-state index contributed by atoms with van der Waals surface area (Å²) in [6.45, 7) is 3.61. The van der Waals surface area contributed by atoms with Gasteiger partial charge in [-0.1, -0.05) is 0 Å². The molecule has 14 heteroatoms. The molecule has 2 atom stereocenters. The molecular formula is C18H24N4O10. The lowest BCUT2D eigenvalue weighted by atomic mass is 10.2. The van der Waals surface area contributed by atoms with Crippen molar-refractivity contribution in [2.45, 2.75) is 39.9 Å². The third-order valence-corrected chi connectivity index (χ3v) is 3.55. The summed E-state index contributed by atoms with van der Waals surface area (Å²) in [5, 5.41) is 0. The van der Waals surface area contributed by atoms with Crippen LogP contribution in [0.25, 0.3) is 0 Å². The number of hydrogen-bond donors (Lipinski definition) is 1. The van der Waals surface area contributed by atoms with Crippen LogP contribution < -0.4 is 16.0 Å². The van der Waals surface area contributed by atoms with E-state index < -0.39 is 59.8 Å². The molecule has 1 aromatic heterocycles. The van der Waals surface area contributed by atoms with E-state index in [1.54, 1.807) is 0 Å². The Hall–Kier alpha value is -3.97. The maximum Gasteiger partial charge on any atom is 0.309 e. The first kappa shape index (κ1) is 26.1. The second-order valence-electron chi connectivity index (χ2n) is 6.22. The molecule has 0 aliphatic carbocycles. The highest BCUT2D eigenvalue weighted by Crippen LogP contribution is 2.20. The van der Waals surface area contributed by atoms with Gasteiger partial charge in [0.05, 0.1) is 7.11 Å². The molecule has 0 saturated heterocycles. The van der Waals surface area contributed by atoms with Gasteiger partial charge in [0, 0.05) is 34.7 Å². The Labute approximate surface area is 182 Å². The molecule has 0 aliphatic rings. The van der Waals surface area contributed by atoms with Crippen LogP contribution in [0.1, 0.15) is 27.7 Å². The minimum absolute atomic E-state index is 0.121. The fraction of sp³-hybridized carbons (Fsp3) is 0.500. The zero-order chi connectivity index (χ0) is 24.6. The molecule has 2 N–H and O–H groups in total. The van der Waals surface area contributed by atoms with Crippen molar-refractivity contribution in [2.24, 2.45) is 12.0 Å². The van der Waals surface area contributed by atoms with Gasteiger partial charge in [-0.2, -0.15) is 4.98 Å². The highest BCUT2D eigenvalue weighted by Gasteiger charge is 2.36. The van der Waals surface area contributed by atoms with Gasteiger partial charge >= 0.3 is 29.9 Å². The van der Waals surface area contributed by atoms with E-state index in [1.807, 2.05) is 0 Å². The van der Waals surface area contributed by atoms with Crippen LogP contribution in [0.5, 0.6) is 6.01 Å². The standard InChI is InChI=1S/C18H24N4O10/c1-8(23)29-7-12(30-9(2)24)14(31-10(3)25)16(32-11(4)26)20-13-15(19)21-18(28-6)22(5)17(13)27/h12,14H,7,19H2,1-6H3/t12-,14-/m0/s1. The first-order chi connectivity index (χ1) is 14.9. The molecule has 0 fully saturated rings. The number of nitrogens with two attached hydrogens (primary N) is 1. The number of aliphatic imine (C=N–C) groups is 1. The predicted molar refractivity (Wildman–Crippen MR) is 107 cm³/mol. The van der Waals surface area contributed by atoms with Gasteiger partial charge < -0.3 is 29.4 Å². The molecule has 0 aromatic carbocycles. The lowest BCUT2D eigenvalue weighted by molar-refractivity contribution is -0.169. The van der Waals surface area contributed by atoms with Crippen molar-refractivity contribution in [2.75, 3.05) is 19.5 Å². The maximum atomic E-state index is 12.7. The van der Waals surface area contributed by atoms with Gasteiger partial charge in [0.25, 0.3) is 5.56 Å². The van der Waals surface area contributed by atoms with Crippen LogP contribution in [0.2, 0.25) is 0 Å². The first-order valence-electron chi connectivity index (χ1n) is 9.02. The summed E-state index contributed by atoms with van der Waals surface area (Å²) in [7, 11) is 2.59. The quantitative estimate of drug-likeness (QED) is 0.226. The topological polar surface area (TPSA) is 188 Å². The normalized spacial score (nSPS) is 12.9. The number of aromatic nitrogens is 2. The number of esters is 4. The van der Waals surface area contributed by atoms with Crippen molar-refractivity contribution in [1.29, 1.82) is 0 Å². The molecule has 14 nitrogen and oxygen atoms in total. The molecule has 0 aliphatic heterocycles. The third-order valence-electron chi connectivity index (χ3n) is 3.55. The molecule has 0 saturated carbocycles. The summed E-state index contributed by atoms with van der Waals surface area (Å²) in [4.78, 5) is 66.7. The van der Waals surface area contributed by atoms with Gasteiger partial charge in [0.15, 0.2) is 17.6 Å². The number of methoxy groups -OCH3 is 1. The Morgan fingerprint density at radius 2 is 1.62 bits per heavy atom. The molecule has 0 unspecified atom stereocenters. The fourth-order valence-electron chi connectivity index (χ4n) is 2.34. The molecule has 0 bridgehead atoms. The second-order valence-corrected chi connectivity index (χ2v) is 6.22. The molecule has 1 heterocycles. The van der Waals surface area contributed by atoms with Crippen LogP contribution in [0.3, 0.4) is 0 Å². The van der Waals surface area contributed by atoms with Crippen molar-refractivity contribution < 1.29 is 42.9 Å². The van der Waals surface area contributed by atoms with E-state index in [4.69, 9.17) is 29.4 Å². The van der Waals surface area contributed by atoms with E-state index in [0.29, 0.717) is 0 Å². The molecule has 32 heavy (non-hydrogen) atoms. The number of carbonyl (C=O) groups is 4. The van der Waals surface area contributed by atoms with Gasteiger partial charge in [0.1, 0.15) is 6.61 Å². The molecule has 0 radical (unpaired) electrons. The van der Waals surface area contributed by atoms with Gasteiger partial charge in [-0.05, 0) is 0 Å². The zero-order valence-corrected chi connectivity index (χ0v) is 18.4. The lowest BCUT2D eigenvalue weighted by Crippen LogP contribution is -2.45. The van der Waals surface area contributed by atoms with E-state index in [-0.39, 0.29) is 11.8 Å². The smallest absolute Gasteiger partial charge is 0.309 e. The average Bonchev–Trinajstić information content (AvgIpc) is 2.67. The maximum absolute atomic E-state index is 12.7. The van der Waals surface area contributed by atoms with Crippen molar-refractivity contribution in [3.05, 3.63) is 10.4 Å². The van der Waals surface area contributed by atoms with Crippen LogP contribution in [-0.2, 0) is 45.2 Å². The summed E-state index contributed by atoms with van der Waals surface area (Å²) < 4.78 is 26.0. The van der Waals surface area contributed by atoms with Crippen LogP contribution in [0.4, 0.5) is 11.5 Å².